The van der Waals surface area contributed by atoms with Crippen LogP contribution in [0, 0.1) is 6.92 Å². The highest BCUT2D eigenvalue weighted by molar-refractivity contribution is 8.01. The van der Waals surface area contributed by atoms with E-state index in [4.69, 9.17) is 42.9 Å². The zero-order valence-electron chi connectivity index (χ0n) is 17.4. The van der Waals surface area contributed by atoms with Crippen LogP contribution in [0.2, 0.25) is 10.0 Å². The van der Waals surface area contributed by atoms with Crippen LogP contribution in [0.3, 0.4) is 0 Å². The molecule has 0 atom stereocenters. The van der Waals surface area contributed by atoms with Crippen molar-refractivity contribution in [1.29, 1.82) is 0 Å². The molecule has 6 nitrogen and oxygen atoms in total. The second-order valence-corrected chi connectivity index (χ2v) is 10.5. The fourth-order valence-electron chi connectivity index (χ4n) is 2.93. The van der Waals surface area contributed by atoms with E-state index in [-0.39, 0.29) is 6.15 Å². The summed E-state index contributed by atoms with van der Waals surface area (Å²) in [5.74, 6) is 0. The summed E-state index contributed by atoms with van der Waals surface area (Å²) < 4.78 is 3.00. The molecule has 0 saturated heterocycles. The molecule has 0 N–H and O–H groups in total. The van der Waals surface area contributed by atoms with Crippen molar-refractivity contribution in [2.24, 2.45) is 0 Å². The van der Waals surface area contributed by atoms with Crippen LogP contribution in [0.15, 0.2) is 53.1 Å². The van der Waals surface area contributed by atoms with Crippen molar-refractivity contribution >= 4 is 52.5 Å². The molecule has 0 fully saturated rings. The molecule has 32 heavy (non-hydrogen) atoms. The van der Waals surface area contributed by atoms with Crippen LogP contribution in [0.5, 0.6) is 0 Å². The van der Waals surface area contributed by atoms with E-state index in [0.717, 1.165) is 33.2 Å². The van der Waals surface area contributed by atoms with Gasteiger partial charge in [0, 0.05) is 45.0 Å². The summed E-state index contributed by atoms with van der Waals surface area (Å²) >= 11 is 15.8. The molecule has 0 aliphatic carbocycles. The molecule has 0 amide bonds. The van der Waals surface area contributed by atoms with E-state index in [1.54, 1.807) is 41.6 Å². The second kappa shape index (κ2) is 10.9. The molecule has 4 aromatic rings. The zero-order chi connectivity index (χ0) is 23.3. The zero-order valence-corrected chi connectivity index (χ0v) is 20.5. The maximum atomic E-state index is 8.12. The smallest absolute Gasteiger partial charge is 0.265 e. The van der Waals surface area contributed by atoms with E-state index in [0.29, 0.717) is 15.3 Å². The Hall–Kier alpha value is -2.48. The van der Waals surface area contributed by atoms with Crippen molar-refractivity contribution < 1.29 is 9.59 Å². The van der Waals surface area contributed by atoms with Crippen LogP contribution in [-0.2, 0) is 9.59 Å². The van der Waals surface area contributed by atoms with Crippen LogP contribution in [0.4, 0.5) is 0 Å². The minimum absolute atomic E-state index is 0.250. The molecule has 0 bridgehead atoms. The summed E-state index contributed by atoms with van der Waals surface area (Å²) in [4.78, 5) is 25.3. The molecule has 10 heteroatoms. The molecule has 0 saturated carbocycles. The Labute approximate surface area is 203 Å². The minimum atomic E-state index is 0.250. The number of thioether (sulfide) groups is 1. The average Bonchev–Trinajstić information content (AvgIpc) is 3.32. The van der Waals surface area contributed by atoms with E-state index in [1.807, 2.05) is 42.1 Å². The third-order valence-electron chi connectivity index (χ3n) is 4.15. The van der Waals surface area contributed by atoms with Crippen molar-refractivity contribution in [3.05, 3.63) is 64.7 Å². The van der Waals surface area contributed by atoms with E-state index < -0.39 is 0 Å². The highest BCUT2D eigenvalue weighted by Crippen LogP contribution is 2.40. The topological polar surface area (TPSA) is 77.7 Å². The van der Waals surface area contributed by atoms with Crippen LogP contribution in [0.1, 0.15) is 19.5 Å². The lowest BCUT2D eigenvalue weighted by molar-refractivity contribution is -0.191. The number of rotatable bonds is 5. The van der Waals surface area contributed by atoms with Gasteiger partial charge in [-0.15, -0.1) is 11.8 Å². The van der Waals surface area contributed by atoms with Gasteiger partial charge in [0.2, 0.25) is 5.13 Å². The van der Waals surface area contributed by atoms with Crippen LogP contribution in [-0.4, -0.2) is 31.1 Å². The van der Waals surface area contributed by atoms with Gasteiger partial charge < -0.3 is 0 Å². The number of hydrogen-bond acceptors (Lipinski definition) is 7. The number of nitrogens with zero attached hydrogens (tertiary/aromatic N) is 4. The fourth-order valence-corrected chi connectivity index (χ4v) is 5.90. The van der Waals surface area contributed by atoms with Crippen molar-refractivity contribution in [1.82, 2.24) is 19.7 Å². The lowest BCUT2D eigenvalue weighted by Gasteiger charge is -2.04. The average molecular weight is 505 g/mol. The molecular weight excluding hydrogens is 487 g/mol. The van der Waals surface area contributed by atoms with E-state index in [1.165, 1.54) is 4.21 Å². The monoisotopic (exact) mass is 504 g/mol. The largest absolute Gasteiger partial charge is 0.373 e. The fraction of sp³-hybridized carbons (Fsp3) is 0.182. The van der Waals surface area contributed by atoms with E-state index >= 15 is 0 Å². The number of halogens is 2. The number of aryl methyl sites for hydroxylation is 1. The molecule has 0 aliphatic rings. The standard InChI is InChI=1S/C21H18Cl2N4S2.CO2/c1-12(2)28-20-19(14-4-6-24-7-5-14)25-21(29-20)27-11-18(13(3)26-27)15-8-16(22)10-17(23)9-15;2-1-3/h4-12H,1-3H3;. The first kappa shape index (κ1) is 24.2. The first-order valence-corrected chi connectivity index (χ1v) is 11.9. The first-order chi connectivity index (χ1) is 15.3. The molecule has 164 valence electrons. The molecular formula is C22H18Cl2N4O2S2. The van der Waals surface area contributed by atoms with Crippen molar-refractivity contribution in [3.8, 4) is 27.5 Å². The van der Waals surface area contributed by atoms with Gasteiger partial charge in [-0.3, -0.25) is 4.98 Å². The van der Waals surface area contributed by atoms with Gasteiger partial charge in [0.1, 0.15) is 0 Å². The van der Waals surface area contributed by atoms with Crippen LogP contribution >= 0.6 is 46.3 Å². The van der Waals surface area contributed by atoms with Crippen molar-refractivity contribution in [3.63, 3.8) is 0 Å². The van der Waals surface area contributed by atoms with Gasteiger partial charge in [-0.05, 0) is 42.8 Å². The van der Waals surface area contributed by atoms with Crippen LogP contribution in [0.25, 0.3) is 27.5 Å². The second-order valence-electron chi connectivity index (χ2n) is 6.85. The Kier molecular flexibility index (Phi) is 8.23. The number of thiazole rings is 1. The van der Waals surface area contributed by atoms with E-state index in [2.05, 4.69) is 18.8 Å². The van der Waals surface area contributed by atoms with E-state index in [9.17, 15) is 0 Å². The molecule has 4 rings (SSSR count). The molecule has 0 unspecified atom stereocenters. The molecule has 1 aromatic carbocycles. The van der Waals surface area contributed by atoms with Crippen molar-refractivity contribution in [2.45, 2.75) is 30.2 Å². The summed E-state index contributed by atoms with van der Waals surface area (Å²) in [6.45, 7) is 6.33. The molecule has 3 aromatic heterocycles. The van der Waals surface area contributed by atoms with Gasteiger partial charge in [-0.2, -0.15) is 14.7 Å². The molecule has 3 heterocycles. The summed E-state index contributed by atoms with van der Waals surface area (Å²) in [6, 6.07) is 9.48. The maximum absolute atomic E-state index is 8.12. The Morgan fingerprint density at radius 2 is 1.69 bits per heavy atom. The third-order valence-corrected chi connectivity index (χ3v) is 6.84. The van der Waals surface area contributed by atoms with Gasteiger partial charge >= 0.3 is 6.15 Å². The van der Waals surface area contributed by atoms with Gasteiger partial charge in [0.25, 0.3) is 0 Å². The number of hydrogen-bond donors (Lipinski definition) is 0. The molecule has 0 aliphatic heterocycles. The molecule has 0 spiro atoms. The predicted octanol–water partition coefficient (Wildman–Crippen LogP) is 6.59. The summed E-state index contributed by atoms with van der Waals surface area (Å²) in [7, 11) is 0. The number of aromatic nitrogens is 4. The summed E-state index contributed by atoms with van der Waals surface area (Å²) in [5, 5.41) is 7.18. The van der Waals surface area contributed by atoms with Gasteiger partial charge in [-0.1, -0.05) is 48.4 Å². The quantitative estimate of drug-likeness (QED) is 0.285. The third kappa shape index (κ3) is 5.85. The maximum Gasteiger partial charge on any atom is 0.373 e. The Morgan fingerprint density at radius 3 is 2.28 bits per heavy atom. The van der Waals surface area contributed by atoms with Crippen molar-refractivity contribution in [2.75, 3.05) is 0 Å². The highest BCUT2D eigenvalue weighted by atomic mass is 35.5. The van der Waals surface area contributed by atoms with Crippen LogP contribution < -0.4 is 0 Å². The Balaban J connectivity index is 0.000000913. The lowest BCUT2D eigenvalue weighted by atomic mass is 10.1. The normalized spacial score (nSPS) is 10.6. The summed E-state index contributed by atoms with van der Waals surface area (Å²) in [6.07, 6.45) is 5.81. The van der Waals surface area contributed by atoms with Gasteiger partial charge in [-0.25, -0.2) is 9.67 Å². The summed E-state index contributed by atoms with van der Waals surface area (Å²) in [5.41, 5.74) is 4.83. The molecule has 0 radical (unpaired) electrons. The number of benzene rings is 1. The number of carbonyl (C=O) groups excluding carboxylic acids is 2. The lowest BCUT2D eigenvalue weighted by Crippen LogP contribution is -1.94. The predicted molar refractivity (Wildman–Crippen MR) is 129 cm³/mol. The minimum Gasteiger partial charge on any atom is -0.265 e. The first-order valence-electron chi connectivity index (χ1n) is 9.42. The SMILES string of the molecule is Cc1nn(-c2nc(-c3ccncc3)c(SC(C)C)s2)cc1-c1cc(Cl)cc(Cl)c1.O=C=O. The Morgan fingerprint density at radius 1 is 1.06 bits per heavy atom. The number of pyridine rings is 1. The highest BCUT2D eigenvalue weighted by Gasteiger charge is 2.18. The van der Waals surface area contributed by atoms with Gasteiger partial charge in [0.05, 0.1) is 15.6 Å². The van der Waals surface area contributed by atoms with Gasteiger partial charge in [0.15, 0.2) is 0 Å². The Bertz CT molecular complexity index is 1230.